The van der Waals surface area contributed by atoms with E-state index in [1.165, 1.54) is 0 Å². The van der Waals surface area contributed by atoms with E-state index in [4.69, 9.17) is 11.6 Å². The Morgan fingerprint density at radius 1 is 1.19 bits per heavy atom. The molecule has 10 heteroatoms. The summed E-state index contributed by atoms with van der Waals surface area (Å²) in [5.74, 6) is 1.88. The fourth-order valence-corrected chi connectivity index (χ4v) is 3.97. The van der Waals surface area contributed by atoms with E-state index in [1.807, 2.05) is 42.0 Å². The van der Waals surface area contributed by atoms with Crippen LogP contribution in [0.3, 0.4) is 0 Å². The number of amides is 2. The van der Waals surface area contributed by atoms with Gasteiger partial charge in [-0.3, -0.25) is 4.90 Å². The number of carbonyl (C=O) groups is 1. The van der Waals surface area contributed by atoms with Gasteiger partial charge in [-0.05, 0) is 56.9 Å². The number of halogens is 1. The summed E-state index contributed by atoms with van der Waals surface area (Å²) in [6.45, 7) is 4.43. The smallest absolute Gasteiger partial charge is 0.324 e. The monoisotopic (exact) mass is 438 g/mol. The first-order valence-corrected chi connectivity index (χ1v) is 10.7. The summed E-state index contributed by atoms with van der Waals surface area (Å²) in [5.41, 5.74) is 1.81. The van der Waals surface area contributed by atoms with Crippen LogP contribution in [0.1, 0.15) is 37.3 Å². The fraction of sp³-hybridized carbons (Fsp3) is 0.381. The zero-order valence-electron chi connectivity index (χ0n) is 17.3. The Morgan fingerprint density at radius 3 is 2.71 bits per heavy atom. The molecule has 0 spiro atoms. The number of hydrogen-bond acceptors (Lipinski definition) is 6. The molecule has 1 unspecified atom stereocenters. The third-order valence-corrected chi connectivity index (χ3v) is 5.90. The molecule has 31 heavy (non-hydrogen) atoms. The van der Waals surface area contributed by atoms with Gasteiger partial charge in [0.1, 0.15) is 5.82 Å². The summed E-state index contributed by atoms with van der Waals surface area (Å²) >= 11 is 5.97. The van der Waals surface area contributed by atoms with Crippen molar-refractivity contribution in [3.8, 4) is 5.69 Å². The number of nitrogens with one attached hydrogen (secondary N) is 2. The molecule has 2 amide bonds. The van der Waals surface area contributed by atoms with Crippen molar-refractivity contribution in [1.82, 2.24) is 29.8 Å². The number of imidazole rings is 1. The molecule has 1 saturated carbocycles. The van der Waals surface area contributed by atoms with Crippen LogP contribution in [0.5, 0.6) is 0 Å². The Morgan fingerprint density at radius 2 is 1.97 bits per heavy atom. The maximum atomic E-state index is 12.4. The third-order valence-electron chi connectivity index (χ3n) is 5.65. The molecular weight excluding hydrogens is 416 g/mol. The lowest BCUT2D eigenvalue weighted by Crippen LogP contribution is -2.37. The van der Waals surface area contributed by atoms with Gasteiger partial charge in [0.25, 0.3) is 0 Å². The lowest BCUT2D eigenvalue weighted by Gasteiger charge is -2.21. The van der Waals surface area contributed by atoms with Crippen LogP contribution in [-0.2, 0) is 0 Å². The highest BCUT2D eigenvalue weighted by molar-refractivity contribution is 6.30. The topological polar surface area (TPSA) is 101 Å². The van der Waals surface area contributed by atoms with Gasteiger partial charge < -0.3 is 15.2 Å². The van der Waals surface area contributed by atoms with Crippen LogP contribution in [0.15, 0.2) is 36.8 Å². The second-order valence-electron chi connectivity index (χ2n) is 8.02. The van der Waals surface area contributed by atoms with Gasteiger partial charge in [-0.2, -0.15) is 15.0 Å². The molecule has 160 valence electrons. The quantitative estimate of drug-likeness (QED) is 0.610. The van der Waals surface area contributed by atoms with Crippen molar-refractivity contribution < 1.29 is 4.79 Å². The van der Waals surface area contributed by atoms with E-state index < -0.39 is 0 Å². The van der Waals surface area contributed by atoms with Gasteiger partial charge in [-0.15, -0.1) is 0 Å². The van der Waals surface area contributed by atoms with Crippen LogP contribution >= 0.6 is 11.6 Å². The van der Waals surface area contributed by atoms with Crippen LogP contribution in [0.4, 0.5) is 16.7 Å². The molecule has 5 rings (SSSR count). The number of carbonyl (C=O) groups excluding carboxylic acids is 1. The Bertz CT molecular complexity index is 1110. The molecule has 2 atom stereocenters. The van der Waals surface area contributed by atoms with E-state index in [2.05, 4.69) is 30.6 Å². The first kappa shape index (κ1) is 19.7. The second kappa shape index (κ2) is 7.81. The summed E-state index contributed by atoms with van der Waals surface area (Å²) in [5, 5.41) is 6.90. The molecule has 1 aliphatic heterocycles. The Balaban J connectivity index is 1.35. The maximum absolute atomic E-state index is 12.4. The van der Waals surface area contributed by atoms with Crippen molar-refractivity contribution in [2.24, 2.45) is 5.92 Å². The first-order valence-electron chi connectivity index (χ1n) is 10.3. The van der Waals surface area contributed by atoms with Crippen LogP contribution in [0.25, 0.3) is 5.69 Å². The molecule has 3 aromatic rings. The van der Waals surface area contributed by atoms with Crippen molar-refractivity contribution in [2.45, 2.75) is 38.8 Å². The number of anilines is 2. The number of urea groups is 1. The standard InChI is InChI=1S/C21H23ClN8O/c1-12(17-10-29(11-24-17)16-7-5-15(22)6-8-16)25-19-26-13(2)27-20(28-19)30-18(14-3-4-14)9-23-21(30)31/h5-8,10-12,14,18H,3-4,9H2,1-2H3,(H,23,31)(H,25,26,27,28)/t12-,18?/m0/s1. The van der Waals surface area contributed by atoms with E-state index in [9.17, 15) is 4.79 Å². The molecule has 1 aliphatic carbocycles. The zero-order valence-corrected chi connectivity index (χ0v) is 18.0. The molecule has 2 fully saturated rings. The van der Waals surface area contributed by atoms with Gasteiger partial charge in [-0.25, -0.2) is 9.78 Å². The van der Waals surface area contributed by atoms with E-state index in [0.717, 1.165) is 24.2 Å². The van der Waals surface area contributed by atoms with Gasteiger partial charge in [0.05, 0.1) is 24.1 Å². The summed E-state index contributed by atoms with van der Waals surface area (Å²) in [6, 6.07) is 7.37. The van der Waals surface area contributed by atoms with Gasteiger partial charge in [0.2, 0.25) is 11.9 Å². The second-order valence-corrected chi connectivity index (χ2v) is 8.45. The van der Waals surface area contributed by atoms with Crippen LogP contribution in [0, 0.1) is 12.8 Å². The van der Waals surface area contributed by atoms with E-state index >= 15 is 0 Å². The summed E-state index contributed by atoms with van der Waals surface area (Å²) in [4.78, 5) is 32.0. The van der Waals surface area contributed by atoms with E-state index in [0.29, 0.717) is 35.2 Å². The Kier molecular flexibility index (Phi) is 4.97. The van der Waals surface area contributed by atoms with Crippen LogP contribution in [-0.4, -0.2) is 43.1 Å². The van der Waals surface area contributed by atoms with Gasteiger partial charge in [0.15, 0.2) is 0 Å². The number of hydrogen-bond donors (Lipinski definition) is 2. The highest BCUT2D eigenvalue weighted by Crippen LogP contribution is 2.38. The maximum Gasteiger partial charge on any atom is 0.324 e. The lowest BCUT2D eigenvalue weighted by atomic mass is 10.2. The summed E-state index contributed by atoms with van der Waals surface area (Å²) < 4.78 is 1.93. The number of nitrogens with zero attached hydrogens (tertiary/aromatic N) is 6. The molecule has 0 bridgehead atoms. The Hall–Kier alpha value is -3.20. The van der Waals surface area contributed by atoms with Crippen LogP contribution < -0.4 is 15.5 Å². The number of aryl methyl sites for hydroxylation is 1. The first-order chi connectivity index (χ1) is 15.0. The third kappa shape index (κ3) is 4.05. The molecule has 1 saturated heterocycles. The molecule has 3 heterocycles. The van der Waals surface area contributed by atoms with Crippen molar-refractivity contribution in [2.75, 3.05) is 16.8 Å². The number of aromatic nitrogens is 5. The molecule has 2 aliphatic rings. The van der Waals surface area contributed by atoms with Gasteiger partial charge >= 0.3 is 6.03 Å². The zero-order chi connectivity index (χ0) is 21.5. The number of benzene rings is 1. The average Bonchev–Trinajstić information content (AvgIpc) is 3.32. The molecular formula is C21H23ClN8O. The predicted molar refractivity (Wildman–Crippen MR) is 118 cm³/mol. The fourth-order valence-electron chi connectivity index (χ4n) is 3.84. The van der Waals surface area contributed by atoms with E-state index in [-0.39, 0.29) is 18.1 Å². The van der Waals surface area contributed by atoms with Gasteiger partial charge in [-0.1, -0.05) is 11.6 Å². The molecule has 0 radical (unpaired) electrons. The minimum absolute atomic E-state index is 0.106. The van der Waals surface area contributed by atoms with Crippen molar-refractivity contribution in [1.29, 1.82) is 0 Å². The summed E-state index contributed by atoms with van der Waals surface area (Å²) in [7, 11) is 0. The van der Waals surface area contributed by atoms with Crippen molar-refractivity contribution in [3.63, 3.8) is 0 Å². The number of rotatable bonds is 6. The lowest BCUT2D eigenvalue weighted by molar-refractivity contribution is 0.251. The average molecular weight is 439 g/mol. The predicted octanol–water partition coefficient (Wildman–Crippen LogP) is 3.50. The van der Waals surface area contributed by atoms with Gasteiger partial charge in [0, 0.05) is 23.5 Å². The highest BCUT2D eigenvalue weighted by Gasteiger charge is 2.43. The molecule has 2 N–H and O–H groups in total. The minimum Gasteiger partial charge on any atom is -0.346 e. The molecule has 2 aromatic heterocycles. The largest absolute Gasteiger partial charge is 0.346 e. The highest BCUT2D eigenvalue weighted by atomic mass is 35.5. The summed E-state index contributed by atoms with van der Waals surface area (Å²) in [6.07, 6.45) is 5.99. The molecule has 9 nitrogen and oxygen atoms in total. The van der Waals surface area contributed by atoms with Crippen molar-refractivity contribution >= 4 is 29.5 Å². The molecule has 1 aromatic carbocycles. The van der Waals surface area contributed by atoms with Crippen molar-refractivity contribution in [3.05, 3.63) is 53.3 Å². The van der Waals surface area contributed by atoms with E-state index in [1.54, 1.807) is 18.2 Å². The normalized spacial score (nSPS) is 19.4. The van der Waals surface area contributed by atoms with Crippen LogP contribution in [0.2, 0.25) is 5.02 Å². The minimum atomic E-state index is -0.150. The SMILES string of the molecule is Cc1nc(N[C@@H](C)c2cn(-c3ccc(Cl)cc3)cn2)nc(N2C(=O)NCC2C2CC2)n1. The Labute approximate surface area is 184 Å².